The van der Waals surface area contributed by atoms with Gasteiger partial charge in [-0.3, -0.25) is 25.8 Å². The number of nitrogens with zero attached hydrogens (tertiary/aromatic N) is 2. The second-order valence-electron chi connectivity index (χ2n) is 10.6. The van der Waals surface area contributed by atoms with Gasteiger partial charge in [0.05, 0.1) is 23.8 Å². The van der Waals surface area contributed by atoms with Crippen molar-refractivity contribution in [1.29, 1.82) is 0 Å². The number of likely N-dealkylation sites (tertiary alicyclic amines) is 1. The quantitative estimate of drug-likeness (QED) is 0.198. The van der Waals surface area contributed by atoms with Gasteiger partial charge in [0.15, 0.2) is 11.4 Å². The van der Waals surface area contributed by atoms with E-state index in [0.717, 1.165) is 16.7 Å². The zero-order chi connectivity index (χ0) is 29.4. The fourth-order valence-corrected chi connectivity index (χ4v) is 6.00. The number of H-pyrrole nitrogens is 1. The number of aromatic nitrogens is 2. The number of fused-ring (bicyclic) bond motifs is 3. The lowest BCUT2D eigenvalue weighted by molar-refractivity contribution is -0.133. The van der Waals surface area contributed by atoms with E-state index >= 15 is 0 Å². The Balaban J connectivity index is 1.25. The number of carbonyl (C=O) groups is 3. The van der Waals surface area contributed by atoms with Gasteiger partial charge in [-0.1, -0.05) is 48.0 Å². The number of hydrogen-bond donors (Lipinski definition) is 5. The van der Waals surface area contributed by atoms with Gasteiger partial charge in [-0.15, -0.1) is 0 Å². The molecule has 12 heteroatoms. The van der Waals surface area contributed by atoms with Crippen molar-refractivity contribution < 1.29 is 24.2 Å². The van der Waals surface area contributed by atoms with Crippen molar-refractivity contribution >= 4 is 52.1 Å². The van der Waals surface area contributed by atoms with E-state index in [2.05, 4.69) is 26.1 Å². The van der Waals surface area contributed by atoms with E-state index in [1.54, 1.807) is 29.2 Å². The number of benzene rings is 3. The molecule has 0 radical (unpaired) electrons. The van der Waals surface area contributed by atoms with E-state index in [9.17, 15) is 14.4 Å². The van der Waals surface area contributed by atoms with Crippen molar-refractivity contribution in [2.75, 3.05) is 23.7 Å². The standard InChI is InChI=1S/C30H29ClN6O5/c1-17(19-7-9-21-24(14-19)35-36-26(21)34-28(39)40)32-25(13-18-5-3-2-4-6-18)27(38)37-12-11-30(16-37)22-15-20(31)8-10-23(22)33-29(41)42-30/h2-10,14-15,17,25,32H,11-13,16H2,1H3,(H,33,41)(H,39,40)(H2,34,35,36)/t17?,25-,30-/m0/s1. The molecule has 216 valence electrons. The fourth-order valence-electron chi connectivity index (χ4n) is 5.83. The second kappa shape index (κ2) is 11.0. The van der Waals surface area contributed by atoms with Crippen LogP contribution in [0.15, 0.2) is 66.7 Å². The van der Waals surface area contributed by atoms with Crippen LogP contribution in [0.25, 0.3) is 10.9 Å². The first kappa shape index (κ1) is 27.6. The number of aromatic amines is 1. The van der Waals surface area contributed by atoms with Crippen LogP contribution in [0.3, 0.4) is 0 Å². The van der Waals surface area contributed by atoms with Crippen LogP contribution in [-0.4, -0.2) is 57.4 Å². The molecule has 0 saturated carbocycles. The topological polar surface area (TPSA) is 149 Å². The number of nitrogens with one attached hydrogen (secondary N) is 4. The molecular weight excluding hydrogens is 560 g/mol. The maximum atomic E-state index is 14.1. The predicted octanol–water partition coefficient (Wildman–Crippen LogP) is 5.26. The maximum Gasteiger partial charge on any atom is 0.412 e. The Morgan fingerprint density at radius 3 is 2.76 bits per heavy atom. The monoisotopic (exact) mass is 588 g/mol. The fraction of sp³-hybridized carbons (Fsp3) is 0.267. The van der Waals surface area contributed by atoms with Gasteiger partial charge in [0.25, 0.3) is 0 Å². The molecule has 1 aromatic heterocycles. The molecule has 1 fully saturated rings. The van der Waals surface area contributed by atoms with E-state index < -0.39 is 23.8 Å². The molecule has 5 N–H and O–H groups in total. The number of anilines is 2. The van der Waals surface area contributed by atoms with Crippen LogP contribution in [0.2, 0.25) is 5.02 Å². The van der Waals surface area contributed by atoms with Crippen LogP contribution in [0.5, 0.6) is 0 Å². The minimum absolute atomic E-state index is 0.101. The van der Waals surface area contributed by atoms with Crippen molar-refractivity contribution in [1.82, 2.24) is 20.4 Å². The molecule has 3 atom stereocenters. The molecule has 4 aromatic rings. The molecule has 3 amide bonds. The number of carbonyl (C=O) groups excluding carboxylic acids is 2. The number of ether oxygens (including phenoxy) is 1. The molecule has 1 spiro atoms. The van der Waals surface area contributed by atoms with Gasteiger partial charge in [-0.05, 0) is 54.8 Å². The third-order valence-corrected chi connectivity index (χ3v) is 8.12. The van der Waals surface area contributed by atoms with Gasteiger partial charge in [-0.2, -0.15) is 5.10 Å². The maximum absolute atomic E-state index is 14.1. The molecule has 6 rings (SSSR count). The highest BCUT2D eigenvalue weighted by Gasteiger charge is 2.49. The van der Waals surface area contributed by atoms with Crippen LogP contribution in [0.4, 0.5) is 21.1 Å². The highest BCUT2D eigenvalue weighted by atomic mass is 35.5. The van der Waals surface area contributed by atoms with E-state index in [-0.39, 0.29) is 24.3 Å². The SMILES string of the molecule is CC(N[C@@H](Cc1ccccc1)C(=O)N1CC[C@@]2(C1)OC(=O)Nc1ccc(Cl)cc12)c1ccc2c(NC(=O)O)n[nH]c2c1. The zero-order valence-corrected chi connectivity index (χ0v) is 23.4. The smallest absolute Gasteiger partial charge is 0.412 e. The number of rotatable bonds is 7. The first-order valence-corrected chi connectivity index (χ1v) is 14.0. The van der Waals surface area contributed by atoms with Crippen molar-refractivity contribution in [2.45, 2.75) is 37.5 Å². The first-order chi connectivity index (χ1) is 20.2. The Morgan fingerprint density at radius 1 is 1.17 bits per heavy atom. The Labute approximate surface area is 246 Å². The van der Waals surface area contributed by atoms with Gasteiger partial charge in [0.1, 0.15) is 0 Å². The highest BCUT2D eigenvalue weighted by Crippen LogP contribution is 2.44. The summed E-state index contributed by atoms with van der Waals surface area (Å²) in [5.74, 6) is 0.127. The summed E-state index contributed by atoms with van der Waals surface area (Å²) < 4.78 is 5.84. The van der Waals surface area contributed by atoms with Crippen LogP contribution < -0.4 is 16.0 Å². The summed E-state index contributed by atoms with van der Waals surface area (Å²) in [6.45, 7) is 2.60. The molecule has 2 aliphatic rings. The Bertz CT molecular complexity index is 1680. The van der Waals surface area contributed by atoms with Crippen LogP contribution in [-0.2, 0) is 21.6 Å². The summed E-state index contributed by atoms with van der Waals surface area (Å²) in [4.78, 5) is 39.4. The lowest BCUT2D eigenvalue weighted by Crippen LogP contribution is -2.49. The van der Waals surface area contributed by atoms with Crippen LogP contribution >= 0.6 is 11.6 Å². The average Bonchev–Trinajstić information content (AvgIpc) is 3.57. The van der Waals surface area contributed by atoms with Crippen molar-refractivity contribution in [3.8, 4) is 0 Å². The van der Waals surface area contributed by atoms with E-state index in [0.29, 0.717) is 41.0 Å². The van der Waals surface area contributed by atoms with Crippen LogP contribution in [0.1, 0.15) is 36.1 Å². The first-order valence-electron chi connectivity index (χ1n) is 13.6. The summed E-state index contributed by atoms with van der Waals surface area (Å²) in [5.41, 5.74) is 2.98. The molecule has 3 aromatic carbocycles. The third kappa shape index (κ3) is 5.36. The van der Waals surface area contributed by atoms with E-state index in [1.165, 1.54) is 0 Å². The largest absolute Gasteiger partial charge is 0.465 e. The van der Waals surface area contributed by atoms with Crippen LogP contribution in [0, 0.1) is 0 Å². The van der Waals surface area contributed by atoms with E-state index in [4.69, 9.17) is 21.4 Å². The molecule has 2 aliphatic heterocycles. The molecule has 1 saturated heterocycles. The number of hydrogen-bond acceptors (Lipinski definition) is 6. The van der Waals surface area contributed by atoms with Gasteiger partial charge in [-0.25, -0.2) is 9.59 Å². The lowest BCUT2D eigenvalue weighted by atomic mass is 9.90. The van der Waals surface area contributed by atoms with E-state index in [1.807, 2.05) is 49.4 Å². The lowest BCUT2D eigenvalue weighted by Gasteiger charge is -2.36. The minimum Gasteiger partial charge on any atom is -0.465 e. The van der Waals surface area contributed by atoms with Gasteiger partial charge < -0.3 is 14.7 Å². The summed E-state index contributed by atoms with van der Waals surface area (Å²) in [6, 6.07) is 19.8. The number of halogens is 1. The third-order valence-electron chi connectivity index (χ3n) is 7.88. The Hall–Kier alpha value is -4.61. The predicted molar refractivity (Wildman–Crippen MR) is 158 cm³/mol. The minimum atomic E-state index is -1.20. The average molecular weight is 589 g/mol. The summed E-state index contributed by atoms with van der Waals surface area (Å²) in [7, 11) is 0. The molecule has 3 heterocycles. The number of amides is 3. The van der Waals surface area contributed by atoms with Gasteiger partial charge >= 0.3 is 12.2 Å². The normalized spacial score (nSPS) is 19.2. The van der Waals surface area contributed by atoms with Crippen molar-refractivity contribution in [2.24, 2.45) is 0 Å². The van der Waals surface area contributed by atoms with Crippen molar-refractivity contribution in [3.05, 3.63) is 88.4 Å². The van der Waals surface area contributed by atoms with Gasteiger partial charge in [0.2, 0.25) is 5.91 Å². The molecule has 0 aliphatic carbocycles. The highest BCUT2D eigenvalue weighted by molar-refractivity contribution is 6.30. The molecule has 1 unspecified atom stereocenters. The summed E-state index contributed by atoms with van der Waals surface area (Å²) in [6.07, 6.45) is -0.839. The molecule has 0 bridgehead atoms. The Kier molecular flexibility index (Phi) is 7.21. The number of carboxylic acid groups (broad SMARTS) is 1. The summed E-state index contributed by atoms with van der Waals surface area (Å²) in [5, 5.41) is 25.7. The summed E-state index contributed by atoms with van der Waals surface area (Å²) >= 11 is 6.30. The molecule has 42 heavy (non-hydrogen) atoms. The second-order valence-corrected chi connectivity index (χ2v) is 11.1. The molecule has 11 nitrogen and oxygen atoms in total. The Morgan fingerprint density at radius 2 is 1.98 bits per heavy atom. The zero-order valence-electron chi connectivity index (χ0n) is 22.7. The van der Waals surface area contributed by atoms with Gasteiger partial charge in [0, 0.05) is 35.0 Å². The van der Waals surface area contributed by atoms with Crippen molar-refractivity contribution in [3.63, 3.8) is 0 Å². The molecular formula is C30H29ClN6O5.